The van der Waals surface area contributed by atoms with Gasteiger partial charge in [-0.25, -0.2) is 15.0 Å². The molecule has 0 spiro atoms. The van der Waals surface area contributed by atoms with Crippen LogP contribution in [-0.4, -0.2) is 65.2 Å². The van der Waals surface area contributed by atoms with Crippen LogP contribution in [0.4, 0.5) is 13.2 Å². The molecule has 2 aromatic heterocycles. The van der Waals surface area contributed by atoms with Crippen LogP contribution in [0.15, 0.2) is 36.8 Å². The molecule has 4 rings (SSSR count). The number of halogens is 4. The predicted molar refractivity (Wildman–Crippen MR) is 128 cm³/mol. The average molecular weight is 542 g/mol. The smallest absolute Gasteiger partial charge is 0.451 e. The monoisotopic (exact) mass is 541 g/mol. The number of nitrogens with one attached hydrogen (secondary N) is 1. The topological polar surface area (TPSA) is 89.5 Å². The van der Waals surface area contributed by atoms with Crippen LogP contribution in [0.5, 0.6) is 5.75 Å². The third kappa shape index (κ3) is 6.69. The minimum absolute atomic E-state index is 0.112. The van der Waals surface area contributed by atoms with Crippen LogP contribution >= 0.6 is 22.9 Å². The predicted octanol–water partition coefficient (Wildman–Crippen LogP) is 4.47. The zero-order chi connectivity index (χ0) is 25.9. The molecule has 1 aliphatic rings. The minimum atomic E-state index is -4.64. The van der Waals surface area contributed by atoms with E-state index in [9.17, 15) is 18.0 Å². The number of hydrogen-bond donors (Lipinski definition) is 1. The molecule has 0 saturated carbocycles. The van der Waals surface area contributed by atoms with E-state index in [1.807, 2.05) is 7.05 Å². The lowest BCUT2D eigenvalue weighted by Gasteiger charge is -2.29. The molecule has 1 fully saturated rings. The molecule has 1 aromatic carbocycles. The quantitative estimate of drug-likeness (QED) is 0.472. The lowest BCUT2D eigenvalue weighted by molar-refractivity contribution is -0.145. The molecule has 8 nitrogen and oxygen atoms in total. The molecule has 0 aliphatic carbocycles. The summed E-state index contributed by atoms with van der Waals surface area (Å²) in [6.45, 7) is 4.11. The molecule has 36 heavy (non-hydrogen) atoms. The second-order valence-electron chi connectivity index (χ2n) is 8.31. The number of likely N-dealkylation sites (N-methyl/N-ethyl adjacent to an activating group) is 1. The van der Waals surface area contributed by atoms with Crippen molar-refractivity contribution in [2.75, 3.05) is 33.4 Å². The summed E-state index contributed by atoms with van der Waals surface area (Å²) in [7, 11) is 2.01. The number of alkyl halides is 3. The van der Waals surface area contributed by atoms with Crippen LogP contribution < -0.4 is 10.1 Å². The second-order valence-corrected chi connectivity index (χ2v) is 9.98. The molecular formula is C23H23ClF3N5O3S. The van der Waals surface area contributed by atoms with Crippen LogP contribution in [0.25, 0.3) is 10.6 Å². The van der Waals surface area contributed by atoms with Gasteiger partial charge in [-0.2, -0.15) is 13.2 Å². The van der Waals surface area contributed by atoms with E-state index in [1.54, 1.807) is 25.1 Å². The highest BCUT2D eigenvalue weighted by atomic mass is 35.5. The minimum Gasteiger partial charge on any atom is -0.491 e. The summed E-state index contributed by atoms with van der Waals surface area (Å²) in [5.74, 6) is -1.24. The molecule has 192 valence electrons. The number of rotatable bonds is 7. The number of thiazole rings is 1. The van der Waals surface area contributed by atoms with Crippen molar-refractivity contribution in [3.05, 3.63) is 58.1 Å². The van der Waals surface area contributed by atoms with Crippen molar-refractivity contribution < 1.29 is 27.4 Å². The van der Waals surface area contributed by atoms with Gasteiger partial charge in [0.05, 0.1) is 18.8 Å². The van der Waals surface area contributed by atoms with E-state index in [-0.39, 0.29) is 11.7 Å². The maximum absolute atomic E-state index is 13.1. The van der Waals surface area contributed by atoms with Gasteiger partial charge in [-0.3, -0.25) is 4.79 Å². The Morgan fingerprint density at radius 2 is 2.03 bits per heavy atom. The Labute approximate surface area is 214 Å². The fourth-order valence-electron chi connectivity index (χ4n) is 3.55. The van der Waals surface area contributed by atoms with Crippen LogP contribution in [0.1, 0.15) is 34.7 Å². The Hall–Kier alpha value is -2.80. The van der Waals surface area contributed by atoms with Crippen molar-refractivity contribution in [2.24, 2.45) is 0 Å². The fourth-order valence-corrected chi connectivity index (χ4v) is 4.45. The van der Waals surface area contributed by atoms with Gasteiger partial charge in [0.25, 0.3) is 5.91 Å². The SMILES string of the molecule is CC(NC(=O)c1cc(OC[C@@H]2CN(C)CCO2)cc(-c2ncc(Cl)s2)c1)c1cnc(C(F)(F)F)nc1. The van der Waals surface area contributed by atoms with E-state index in [0.29, 0.717) is 39.4 Å². The van der Waals surface area contributed by atoms with Gasteiger partial charge in [-0.1, -0.05) is 11.6 Å². The van der Waals surface area contributed by atoms with Crippen LogP contribution in [-0.2, 0) is 10.9 Å². The van der Waals surface area contributed by atoms with E-state index in [2.05, 4.69) is 25.2 Å². The summed E-state index contributed by atoms with van der Waals surface area (Å²) in [4.78, 5) is 26.2. The van der Waals surface area contributed by atoms with E-state index < -0.39 is 23.9 Å². The van der Waals surface area contributed by atoms with Crippen molar-refractivity contribution in [2.45, 2.75) is 25.2 Å². The number of benzene rings is 1. The highest BCUT2D eigenvalue weighted by Gasteiger charge is 2.34. The van der Waals surface area contributed by atoms with Gasteiger partial charge in [0.2, 0.25) is 5.82 Å². The Morgan fingerprint density at radius 3 is 2.67 bits per heavy atom. The average Bonchev–Trinajstić information content (AvgIpc) is 3.28. The molecule has 2 atom stereocenters. The van der Waals surface area contributed by atoms with Gasteiger partial charge >= 0.3 is 6.18 Å². The summed E-state index contributed by atoms with van der Waals surface area (Å²) in [5.41, 5.74) is 1.26. The summed E-state index contributed by atoms with van der Waals surface area (Å²) in [6.07, 6.45) is -1.14. The number of hydrogen-bond acceptors (Lipinski definition) is 8. The molecule has 1 amide bonds. The van der Waals surface area contributed by atoms with Gasteiger partial charge in [0.15, 0.2) is 0 Å². The van der Waals surface area contributed by atoms with Gasteiger partial charge in [-0.05, 0) is 32.2 Å². The van der Waals surface area contributed by atoms with Gasteiger partial charge in [-0.15, -0.1) is 11.3 Å². The van der Waals surface area contributed by atoms with E-state index in [1.165, 1.54) is 17.5 Å². The van der Waals surface area contributed by atoms with Crippen LogP contribution in [0.2, 0.25) is 4.34 Å². The first kappa shape index (κ1) is 26.3. The molecule has 13 heteroatoms. The Morgan fingerprint density at radius 1 is 1.28 bits per heavy atom. The number of nitrogens with zero attached hydrogens (tertiary/aromatic N) is 4. The summed E-state index contributed by atoms with van der Waals surface area (Å²) >= 11 is 7.30. The van der Waals surface area contributed by atoms with Crippen LogP contribution in [0.3, 0.4) is 0 Å². The van der Waals surface area contributed by atoms with E-state index >= 15 is 0 Å². The molecule has 1 N–H and O–H groups in total. The van der Waals surface area contributed by atoms with Gasteiger partial charge in [0, 0.05) is 42.2 Å². The number of carbonyl (C=O) groups is 1. The normalized spacial score (nSPS) is 17.6. The number of morpholine rings is 1. The largest absolute Gasteiger partial charge is 0.491 e. The Balaban J connectivity index is 1.52. The number of carbonyl (C=O) groups excluding carboxylic acids is 1. The lowest BCUT2D eigenvalue weighted by Crippen LogP contribution is -2.42. The van der Waals surface area contributed by atoms with Crippen molar-refractivity contribution in [3.63, 3.8) is 0 Å². The molecule has 1 unspecified atom stereocenters. The zero-order valence-corrected chi connectivity index (χ0v) is 21.0. The molecule has 3 heterocycles. The third-order valence-electron chi connectivity index (χ3n) is 5.44. The molecule has 0 bridgehead atoms. The molecule has 1 aliphatic heterocycles. The first-order valence-corrected chi connectivity index (χ1v) is 12.2. The Kier molecular flexibility index (Phi) is 8.08. The van der Waals surface area contributed by atoms with Crippen molar-refractivity contribution in [3.8, 4) is 16.3 Å². The van der Waals surface area contributed by atoms with Crippen LogP contribution in [0, 0.1) is 0 Å². The molecular weight excluding hydrogens is 519 g/mol. The maximum atomic E-state index is 13.1. The van der Waals surface area contributed by atoms with E-state index in [0.717, 1.165) is 25.5 Å². The van der Waals surface area contributed by atoms with Crippen molar-refractivity contribution in [1.29, 1.82) is 0 Å². The Bertz CT molecular complexity index is 1210. The molecule has 3 aromatic rings. The van der Waals surface area contributed by atoms with Crippen molar-refractivity contribution in [1.82, 2.24) is 25.2 Å². The summed E-state index contributed by atoms with van der Waals surface area (Å²) in [5, 5.41) is 3.37. The lowest BCUT2D eigenvalue weighted by atomic mass is 10.1. The van der Waals surface area contributed by atoms with E-state index in [4.69, 9.17) is 21.1 Å². The summed E-state index contributed by atoms with van der Waals surface area (Å²) < 4.78 is 50.4. The molecule has 0 radical (unpaired) electrons. The maximum Gasteiger partial charge on any atom is 0.451 e. The van der Waals surface area contributed by atoms with Crippen molar-refractivity contribution >= 4 is 28.8 Å². The fraction of sp³-hybridized carbons (Fsp3) is 0.391. The zero-order valence-electron chi connectivity index (χ0n) is 19.4. The number of ether oxygens (including phenoxy) is 2. The third-order valence-corrected chi connectivity index (χ3v) is 6.61. The first-order valence-electron chi connectivity index (χ1n) is 11.0. The number of aromatic nitrogens is 3. The highest BCUT2D eigenvalue weighted by molar-refractivity contribution is 7.18. The summed E-state index contributed by atoms with van der Waals surface area (Å²) in [6, 6.07) is 4.37. The highest BCUT2D eigenvalue weighted by Crippen LogP contribution is 2.32. The van der Waals surface area contributed by atoms with Gasteiger partial charge < -0.3 is 19.7 Å². The first-order chi connectivity index (χ1) is 17.1. The number of amides is 1. The second kappa shape index (κ2) is 11.1. The van der Waals surface area contributed by atoms with Gasteiger partial charge in [0.1, 0.15) is 27.8 Å². The molecule has 1 saturated heterocycles. The standard InChI is InChI=1S/C23H23ClF3N5O3S/c1-13(16-8-29-22(30-9-16)23(25,26)27)31-20(33)14-5-15(21-28-10-19(24)36-21)7-17(6-14)35-12-18-11-32(2)3-4-34-18/h5-10,13,18H,3-4,11-12H2,1-2H3,(H,31,33)/t13?,18-/m0/s1.